The van der Waals surface area contributed by atoms with Crippen molar-refractivity contribution in [3.05, 3.63) is 53.1 Å². The third-order valence-electron chi connectivity index (χ3n) is 4.42. The highest BCUT2D eigenvalue weighted by Crippen LogP contribution is 2.29. The second-order valence-electron chi connectivity index (χ2n) is 6.59. The summed E-state index contributed by atoms with van der Waals surface area (Å²) >= 11 is 0. The van der Waals surface area contributed by atoms with Gasteiger partial charge in [-0.05, 0) is 75.1 Å². The average molecular weight is 386 g/mol. The molecule has 2 aromatic rings. The van der Waals surface area contributed by atoms with E-state index in [0.717, 1.165) is 22.8 Å². The lowest BCUT2D eigenvalue weighted by atomic mass is 10.1. The summed E-state index contributed by atoms with van der Waals surface area (Å²) in [5, 5.41) is 2.90. The van der Waals surface area contributed by atoms with Gasteiger partial charge in [0, 0.05) is 6.42 Å². The molecule has 1 N–H and O–H groups in total. The fourth-order valence-corrected chi connectivity index (χ4v) is 2.76. The van der Waals surface area contributed by atoms with Crippen molar-refractivity contribution in [2.75, 3.05) is 26.4 Å². The van der Waals surface area contributed by atoms with Crippen LogP contribution in [0.3, 0.4) is 0 Å². The van der Waals surface area contributed by atoms with Crippen molar-refractivity contribution >= 4 is 5.91 Å². The first-order chi connectivity index (χ1) is 13.5. The molecule has 0 saturated carbocycles. The molecule has 152 valence electrons. The molecule has 0 aromatic heterocycles. The fraction of sp³-hybridized carbons (Fsp3) is 0.435. The van der Waals surface area contributed by atoms with Crippen molar-refractivity contribution in [3.8, 4) is 17.2 Å². The lowest BCUT2D eigenvalue weighted by Crippen LogP contribution is -2.28. The second kappa shape index (κ2) is 11.2. The van der Waals surface area contributed by atoms with Crippen molar-refractivity contribution in [1.29, 1.82) is 0 Å². The molecule has 28 heavy (non-hydrogen) atoms. The SMILES string of the molecule is CCOc1ccc(CCC(=O)NCCOc2ccc(C)c(C)c2)cc1OCC. The molecule has 2 rings (SSSR count). The van der Waals surface area contributed by atoms with E-state index in [4.69, 9.17) is 14.2 Å². The standard InChI is InChI=1S/C23H31NO4/c1-5-26-21-11-8-19(16-22(21)27-6-2)9-12-23(25)24-13-14-28-20-10-7-17(3)18(4)15-20/h7-8,10-11,15-16H,5-6,9,12-14H2,1-4H3,(H,24,25). The van der Waals surface area contributed by atoms with Crippen molar-refractivity contribution in [3.63, 3.8) is 0 Å². The number of benzene rings is 2. The van der Waals surface area contributed by atoms with Crippen molar-refractivity contribution < 1.29 is 19.0 Å². The Morgan fingerprint density at radius 2 is 1.64 bits per heavy atom. The van der Waals surface area contributed by atoms with Crippen LogP contribution in [0.4, 0.5) is 0 Å². The number of hydrogen-bond acceptors (Lipinski definition) is 4. The van der Waals surface area contributed by atoms with E-state index in [1.165, 1.54) is 11.1 Å². The van der Waals surface area contributed by atoms with Gasteiger partial charge >= 0.3 is 0 Å². The van der Waals surface area contributed by atoms with E-state index in [2.05, 4.69) is 19.2 Å². The van der Waals surface area contributed by atoms with Crippen molar-refractivity contribution in [2.24, 2.45) is 0 Å². The molecule has 0 fully saturated rings. The monoisotopic (exact) mass is 385 g/mol. The predicted octanol–water partition coefficient (Wildman–Crippen LogP) is 4.23. The van der Waals surface area contributed by atoms with E-state index in [1.807, 2.05) is 50.2 Å². The highest BCUT2D eigenvalue weighted by Gasteiger charge is 2.08. The van der Waals surface area contributed by atoms with Crippen molar-refractivity contribution in [2.45, 2.75) is 40.5 Å². The van der Waals surface area contributed by atoms with Crippen LogP contribution in [-0.2, 0) is 11.2 Å². The molecular weight excluding hydrogens is 354 g/mol. The molecule has 0 radical (unpaired) electrons. The van der Waals surface area contributed by atoms with Crippen LogP contribution >= 0.6 is 0 Å². The zero-order valence-electron chi connectivity index (χ0n) is 17.3. The van der Waals surface area contributed by atoms with Gasteiger partial charge in [-0.2, -0.15) is 0 Å². The molecule has 0 saturated heterocycles. The van der Waals surface area contributed by atoms with Crippen LogP contribution in [0.2, 0.25) is 0 Å². The second-order valence-corrected chi connectivity index (χ2v) is 6.59. The summed E-state index contributed by atoms with van der Waals surface area (Å²) < 4.78 is 16.9. The van der Waals surface area contributed by atoms with Gasteiger partial charge in [0.25, 0.3) is 0 Å². The Hall–Kier alpha value is -2.69. The minimum Gasteiger partial charge on any atom is -0.492 e. The number of amides is 1. The van der Waals surface area contributed by atoms with Crippen LogP contribution < -0.4 is 19.5 Å². The Bertz CT molecular complexity index is 773. The zero-order chi connectivity index (χ0) is 20.4. The molecule has 0 aliphatic rings. The molecular formula is C23H31NO4. The van der Waals surface area contributed by atoms with E-state index in [1.54, 1.807) is 0 Å². The van der Waals surface area contributed by atoms with E-state index in [-0.39, 0.29) is 5.91 Å². The topological polar surface area (TPSA) is 56.8 Å². The summed E-state index contributed by atoms with van der Waals surface area (Å²) in [7, 11) is 0. The Kier molecular flexibility index (Phi) is 8.66. The summed E-state index contributed by atoms with van der Waals surface area (Å²) in [6.07, 6.45) is 1.07. The summed E-state index contributed by atoms with van der Waals surface area (Å²) in [4.78, 5) is 12.1. The fourth-order valence-electron chi connectivity index (χ4n) is 2.76. The first-order valence-electron chi connectivity index (χ1n) is 9.88. The van der Waals surface area contributed by atoms with Crippen LogP contribution in [0.1, 0.15) is 37.0 Å². The smallest absolute Gasteiger partial charge is 0.220 e. The zero-order valence-corrected chi connectivity index (χ0v) is 17.3. The van der Waals surface area contributed by atoms with Crippen LogP contribution in [0.15, 0.2) is 36.4 Å². The van der Waals surface area contributed by atoms with Gasteiger partial charge in [0.1, 0.15) is 12.4 Å². The maximum absolute atomic E-state index is 12.1. The number of ether oxygens (including phenoxy) is 3. The number of carbonyl (C=O) groups is 1. The third kappa shape index (κ3) is 6.80. The predicted molar refractivity (Wildman–Crippen MR) is 112 cm³/mol. The molecule has 2 aromatic carbocycles. The Morgan fingerprint density at radius 3 is 2.36 bits per heavy atom. The summed E-state index contributed by atoms with van der Waals surface area (Å²) in [6, 6.07) is 11.8. The van der Waals surface area contributed by atoms with Gasteiger partial charge in [-0.25, -0.2) is 0 Å². The molecule has 0 aliphatic heterocycles. The highest BCUT2D eigenvalue weighted by molar-refractivity contribution is 5.76. The largest absolute Gasteiger partial charge is 0.492 e. The van der Waals surface area contributed by atoms with E-state index < -0.39 is 0 Å². The van der Waals surface area contributed by atoms with Gasteiger partial charge in [-0.1, -0.05) is 12.1 Å². The van der Waals surface area contributed by atoms with Gasteiger partial charge in [0.2, 0.25) is 5.91 Å². The minimum absolute atomic E-state index is 0.00975. The number of aryl methyl sites for hydroxylation is 3. The highest BCUT2D eigenvalue weighted by atomic mass is 16.5. The summed E-state index contributed by atoms with van der Waals surface area (Å²) in [5.41, 5.74) is 3.49. The quantitative estimate of drug-likeness (QED) is 0.588. The van der Waals surface area contributed by atoms with E-state index in [0.29, 0.717) is 39.2 Å². The average Bonchev–Trinajstić information content (AvgIpc) is 2.68. The van der Waals surface area contributed by atoms with Crippen molar-refractivity contribution in [1.82, 2.24) is 5.32 Å². The van der Waals surface area contributed by atoms with Gasteiger partial charge in [-0.3, -0.25) is 4.79 Å². The Labute approximate surface area is 168 Å². The summed E-state index contributed by atoms with van der Waals surface area (Å²) in [6.45, 7) is 10.1. The lowest BCUT2D eigenvalue weighted by Gasteiger charge is -2.12. The molecule has 0 bridgehead atoms. The molecule has 5 heteroatoms. The first kappa shape index (κ1) is 21.6. The van der Waals surface area contributed by atoms with Crippen LogP contribution in [0.5, 0.6) is 17.2 Å². The Balaban J connectivity index is 1.74. The van der Waals surface area contributed by atoms with Gasteiger partial charge in [-0.15, -0.1) is 0 Å². The maximum Gasteiger partial charge on any atom is 0.220 e. The number of rotatable bonds is 11. The Morgan fingerprint density at radius 1 is 0.893 bits per heavy atom. The molecule has 5 nitrogen and oxygen atoms in total. The van der Waals surface area contributed by atoms with Gasteiger partial charge in [0.15, 0.2) is 11.5 Å². The number of hydrogen-bond donors (Lipinski definition) is 1. The van der Waals surface area contributed by atoms with Crippen LogP contribution in [-0.4, -0.2) is 32.3 Å². The van der Waals surface area contributed by atoms with E-state index >= 15 is 0 Å². The molecule has 0 unspecified atom stereocenters. The van der Waals surface area contributed by atoms with E-state index in [9.17, 15) is 4.79 Å². The van der Waals surface area contributed by atoms with Crippen LogP contribution in [0.25, 0.3) is 0 Å². The minimum atomic E-state index is 0.00975. The summed E-state index contributed by atoms with van der Waals surface area (Å²) in [5.74, 6) is 2.30. The lowest BCUT2D eigenvalue weighted by molar-refractivity contribution is -0.121. The number of carbonyl (C=O) groups excluding carboxylic acids is 1. The number of nitrogens with one attached hydrogen (secondary N) is 1. The molecule has 0 heterocycles. The molecule has 0 aliphatic carbocycles. The maximum atomic E-state index is 12.1. The van der Waals surface area contributed by atoms with Crippen LogP contribution in [0, 0.1) is 13.8 Å². The van der Waals surface area contributed by atoms with Gasteiger partial charge in [0.05, 0.1) is 19.8 Å². The molecule has 0 spiro atoms. The third-order valence-corrected chi connectivity index (χ3v) is 4.42. The first-order valence-corrected chi connectivity index (χ1v) is 9.88. The molecule has 1 amide bonds. The normalized spacial score (nSPS) is 10.4. The molecule has 0 atom stereocenters. The van der Waals surface area contributed by atoms with Gasteiger partial charge < -0.3 is 19.5 Å².